The second kappa shape index (κ2) is 14.3. The summed E-state index contributed by atoms with van der Waals surface area (Å²) < 4.78 is 0. The molecule has 2 heteroatoms. The molecule has 0 saturated carbocycles. The quantitative estimate of drug-likeness (QED) is 0.126. The first-order valence-electron chi connectivity index (χ1n) is 18.0. The van der Waals surface area contributed by atoms with Gasteiger partial charge in [0.05, 0.1) is 11.4 Å². The van der Waals surface area contributed by atoms with Crippen LogP contribution in [0.3, 0.4) is 0 Å². The minimum Gasteiger partial charge on any atom is -0.354 e. The molecule has 2 nitrogen and oxygen atoms in total. The van der Waals surface area contributed by atoms with Gasteiger partial charge in [0, 0.05) is 11.9 Å². The summed E-state index contributed by atoms with van der Waals surface area (Å²) in [6.45, 7) is 0. The van der Waals surface area contributed by atoms with Gasteiger partial charge >= 0.3 is 0 Å². The number of nitrogens with zero attached hydrogens (tertiary/aromatic N) is 1. The van der Waals surface area contributed by atoms with Gasteiger partial charge in [0.2, 0.25) is 0 Å². The van der Waals surface area contributed by atoms with E-state index < -0.39 is 0 Å². The molecule has 0 unspecified atom stereocenters. The molecular formula is C51H36N2. The first-order chi connectivity index (χ1) is 26.3. The fourth-order valence-corrected chi connectivity index (χ4v) is 7.33. The molecule has 0 radical (unpaired) electrons. The first kappa shape index (κ1) is 31.9. The van der Waals surface area contributed by atoms with E-state index in [1.165, 1.54) is 54.9 Å². The molecule has 0 aliphatic heterocycles. The van der Waals surface area contributed by atoms with E-state index in [0.717, 1.165) is 33.8 Å². The number of fused-ring (bicyclic) bond motifs is 2. The minimum atomic E-state index is 0.878. The summed E-state index contributed by atoms with van der Waals surface area (Å²) in [5.74, 6) is 0. The largest absolute Gasteiger partial charge is 0.354 e. The highest BCUT2D eigenvalue weighted by Gasteiger charge is 2.17. The van der Waals surface area contributed by atoms with Crippen molar-refractivity contribution in [2.75, 3.05) is 5.32 Å². The van der Waals surface area contributed by atoms with Gasteiger partial charge in [0.15, 0.2) is 0 Å². The second-order valence-corrected chi connectivity index (χ2v) is 13.3. The lowest BCUT2D eigenvalue weighted by Gasteiger charge is -2.18. The van der Waals surface area contributed by atoms with Crippen LogP contribution in [-0.4, -0.2) is 6.21 Å². The van der Waals surface area contributed by atoms with Gasteiger partial charge in [-0.1, -0.05) is 176 Å². The van der Waals surface area contributed by atoms with Gasteiger partial charge in [0.25, 0.3) is 0 Å². The molecule has 0 saturated heterocycles. The maximum atomic E-state index is 4.95. The van der Waals surface area contributed by atoms with Crippen LogP contribution in [0.1, 0.15) is 5.56 Å². The zero-order valence-corrected chi connectivity index (χ0v) is 29.2. The third-order valence-electron chi connectivity index (χ3n) is 9.90. The van der Waals surface area contributed by atoms with Crippen molar-refractivity contribution in [3.05, 3.63) is 212 Å². The molecule has 0 spiro atoms. The molecule has 9 aromatic rings. The number of hydrogen-bond donors (Lipinski definition) is 1. The van der Waals surface area contributed by atoms with Crippen LogP contribution in [-0.2, 0) is 0 Å². The van der Waals surface area contributed by atoms with Crippen molar-refractivity contribution < 1.29 is 0 Å². The highest BCUT2D eigenvalue weighted by atomic mass is 14.9. The summed E-state index contributed by atoms with van der Waals surface area (Å²) in [6, 6.07) is 73.2. The average Bonchev–Trinajstić information content (AvgIpc) is 3.23. The van der Waals surface area contributed by atoms with E-state index in [1.807, 2.05) is 42.6 Å². The van der Waals surface area contributed by atoms with Crippen LogP contribution in [0.2, 0.25) is 0 Å². The number of anilines is 2. The van der Waals surface area contributed by atoms with Crippen molar-refractivity contribution in [2.45, 2.75) is 0 Å². The number of para-hydroxylation sites is 1. The Morgan fingerprint density at radius 3 is 1.40 bits per heavy atom. The summed E-state index contributed by atoms with van der Waals surface area (Å²) in [5, 5.41) is 8.58. The van der Waals surface area contributed by atoms with Crippen LogP contribution in [0.5, 0.6) is 0 Å². The maximum absolute atomic E-state index is 4.95. The first-order valence-corrected chi connectivity index (χ1v) is 18.0. The minimum absolute atomic E-state index is 0.878. The highest BCUT2D eigenvalue weighted by Crippen LogP contribution is 2.45. The van der Waals surface area contributed by atoms with Gasteiger partial charge in [-0.3, -0.25) is 4.99 Å². The van der Waals surface area contributed by atoms with Crippen LogP contribution in [0.15, 0.2) is 211 Å². The van der Waals surface area contributed by atoms with E-state index in [-0.39, 0.29) is 0 Å². The number of rotatable bonds is 8. The Kier molecular flexibility index (Phi) is 8.61. The van der Waals surface area contributed by atoms with Gasteiger partial charge in [-0.25, -0.2) is 0 Å². The molecule has 0 bridgehead atoms. The summed E-state index contributed by atoms with van der Waals surface area (Å²) in [6.07, 6.45) is 1.92. The van der Waals surface area contributed by atoms with Crippen molar-refractivity contribution in [2.24, 2.45) is 4.99 Å². The van der Waals surface area contributed by atoms with Crippen molar-refractivity contribution in [1.82, 2.24) is 0 Å². The van der Waals surface area contributed by atoms with E-state index in [2.05, 4.69) is 175 Å². The monoisotopic (exact) mass is 676 g/mol. The van der Waals surface area contributed by atoms with E-state index in [4.69, 9.17) is 4.99 Å². The molecule has 9 rings (SSSR count). The van der Waals surface area contributed by atoms with Crippen LogP contribution in [0.4, 0.5) is 17.1 Å². The molecule has 0 atom stereocenters. The second-order valence-electron chi connectivity index (χ2n) is 13.3. The van der Waals surface area contributed by atoms with Crippen LogP contribution in [0, 0.1) is 0 Å². The zero-order valence-electron chi connectivity index (χ0n) is 29.2. The van der Waals surface area contributed by atoms with Crippen molar-refractivity contribution >= 4 is 44.8 Å². The summed E-state index contributed by atoms with van der Waals surface area (Å²) in [4.78, 5) is 4.95. The van der Waals surface area contributed by atoms with E-state index in [9.17, 15) is 0 Å². The Hall–Kier alpha value is -7.03. The molecule has 0 amide bonds. The maximum Gasteiger partial charge on any atom is 0.0870 e. The molecule has 0 aliphatic rings. The number of hydrogen-bond acceptors (Lipinski definition) is 2. The zero-order chi connectivity index (χ0) is 35.4. The lowest BCUT2D eigenvalue weighted by molar-refractivity contribution is 1.47. The van der Waals surface area contributed by atoms with Crippen LogP contribution < -0.4 is 5.32 Å². The Morgan fingerprint density at radius 2 is 0.792 bits per heavy atom. The number of benzene rings is 9. The normalized spacial score (nSPS) is 11.3. The molecule has 0 aromatic heterocycles. The predicted octanol–water partition coefficient (Wildman–Crippen LogP) is 14.2. The number of nitrogens with one attached hydrogen (secondary N) is 1. The summed E-state index contributed by atoms with van der Waals surface area (Å²) in [7, 11) is 0. The Labute approximate surface area is 310 Å². The SMILES string of the molecule is C(=Nc1cc(-c2ccc(-c3ccc4c(-c5ccccc5)c5ccccc5c(-c5ccccc5)c4c3)cc2)ccc1Nc1ccccc1)c1ccccc1. The topological polar surface area (TPSA) is 24.4 Å². The average molecular weight is 677 g/mol. The van der Waals surface area contributed by atoms with Gasteiger partial charge in [-0.05, 0) is 102 Å². The predicted molar refractivity (Wildman–Crippen MR) is 227 cm³/mol. The summed E-state index contributed by atoms with van der Waals surface area (Å²) in [5.41, 5.74) is 13.5. The molecule has 0 fully saturated rings. The lowest BCUT2D eigenvalue weighted by Crippen LogP contribution is -1.92. The smallest absolute Gasteiger partial charge is 0.0870 e. The van der Waals surface area contributed by atoms with E-state index >= 15 is 0 Å². The Balaban J connectivity index is 1.13. The molecule has 53 heavy (non-hydrogen) atoms. The van der Waals surface area contributed by atoms with Crippen LogP contribution in [0.25, 0.3) is 66.1 Å². The summed E-state index contributed by atoms with van der Waals surface area (Å²) >= 11 is 0. The molecular weight excluding hydrogens is 641 g/mol. The van der Waals surface area contributed by atoms with Gasteiger partial charge in [-0.15, -0.1) is 0 Å². The van der Waals surface area contributed by atoms with Crippen LogP contribution >= 0.6 is 0 Å². The fourth-order valence-electron chi connectivity index (χ4n) is 7.33. The molecule has 9 aromatic carbocycles. The van der Waals surface area contributed by atoms with Crippen molar-refractivity contribution in [1.29, 1.82) is 0 Å². The van der Waals surface area contributed by atoms with E-state index in [0.29, 0.717) is 0 Å². The lowest BCUT2D eigenvalue weighted by atomic mass is 9.85. The fraction of sp³-hybridized carbons (Fsp3) is 0. The molecule has 1 N–H and O–H groups in total. The standard InChI is InChI=1S/C51H36N2/c1-5-15-36(16-6-1)35-52-49-34-42(30-32-48(49)53-43-21-11-4-12-22-43)38-27-25-37(26-28-38)41-29-31-46-47(33-41)51(40-19-9-3-10-20-40)45-24-14-13-23-44(45)50(46)39-17-7-2-8-18-39/h1-35,53H. The number of aliphatic imine (C=N–C) groups is 1. The molecule has 0 aliphatic carbocycles. The van der Waals surface area contributed by atoms with Crippen molar-refractivity contribution in [3.63, 3.8) is 0 Å². The molecule has 0 heterocycles. The van der Waals surface area contributed by atoms with Gasteiger partial charge in [-0.2, -0.15) is 0 Å². The third-order valence-corrected chi connectivity index (χ3v) is 9.90. The molecule has 250 valence electrons. The Bertz CT molecular complexity index is 2700. The third kappa shape index (κ3) is 6.51. The highest BCUT2D eigenvalue weighted by molar-refractivity contribution is 6.22. The van der Waals surface area contributed by atoms with Crippen molar-refractivity contribution in [3.8, 4) is 44.5 Å². The van der Waals surface area contributed by atoms with Gasteiger partial charge < -0.3 is 5.32 Å². The van der Waals surface area contributed by atoms with Gasteiger partial charge in [0.1, 0.15) is 0 Å². The Morgan fingerprint density at radius 1 is 0.340 bits per heavy atom. The van der Waals surface area contributed by atoms with E-state index in [1.54, 1.807) is 0 Å².